The number of epoxide rings is 2. The third kappa shape index (κ3) is 3.91. The van der Waals surface area contributed by atoms with Crippen LogP contribution < -0.4 is 0 Å². The van der Waals surface area contributed by atoms with Gasteiger partial charge in [-0.3, -0.25) is 0 Å². The SMILES string of the molecule is CC1CC2CC(COC3CCC4OC4C3)CC(COC3CCC4OC4C3)(C1)C2. The van der Waals surface area contributed by atoms with E-state index in [0.29, 0.717) is 42.0 Å². The van der Waals surface area contributed by atoms with Crippen LogP contribution in [0.25, 0.3) is 0 Å². The van der Waals surface area contributed by atoms with Gasteiger partial charge >= 0.3 is 0 Å². The Kier molecular flexibility index (Phi) is 4.79. The summed E-state index contributed by atoms with van der Waals surface area (Å²) in [6, 6.07) is 0. The summed E-state index contributed by atoms with van der Waals surface area (Å²) < 4.78 is 24.4. The molecule has 6 rings (SSSR count). The van der Waals surface area contributed by atoms with Crippen LogP contribution in [0.5, 0.6) is 0 Å². The number of ether oxygens (including phenoxy) is 4. The molecule has 158 valence electrons. The lowest BCUT2D eigenvalue weighted by atomic mass is 9.57. The van der Waals surface area contributed by atoms with Crippen LogP contribution in [0, 0.1) is 23.2 Å². The smallest absolute Gasteiger partial charge is 0.0866 e. The second-order valence-electron chi connectivity index (χ2n) is 11.4. The average Bonchev–Trinajstić information content (AvgIpc) is 3.57. The van der Waals surface area contributed by atoms with E-state index in [0.717, 1.165) is 43.8 Å². The van der Waals surface area contributed by atoms with E-state index in [-0.39, 0.29) is 0 Å². The summed E-state index contributed by atoms with van der Waals surface area (Å²) in [5.41, 5.74) is 0.410. The fraction of sp³-hybridized carbons (Fsp3) is 1.00. The third-order valence-corrected chi connectivity index (χ3v) is 8.73. The van der Waals surface area contributed by atoms with Crippen LogP contribution in [-0.4, -0.2) is 49.8 Å². The van der Waals surface area contributed by atoms with Crippen LogP contribution >= 0.6 is 0 Å². The summed E-state index contributed by atoms with van der Waals surface area (Å²) in [7, 11) is 0. The summed E-state index contributed by atoms with van der Waals surface area (Å²) in [6.45, 7) is 4.41. The Labute approximate surface area is 170 Å². The number of hydrogen-bond acceptors (Lipinski definition) is 4. The predicted octanol–water partition coefficient (Wildman–Crippen LogP) is 4.49. The molecule has 4 saturated carbocycles. The highest BCUT2D eigenvalue weighted by molar-refractivity contribution is 4.98. The molecule has 10 atom stereocenters. The van der Waals surface area contributed by atoms with Crippen LogP contribution in [0.3, 0.4) is 0 Å². The average molecular weight is 391 g/mol. The zero-order valence-electron chi connectivity index (χ0n) is 17.5. The minimum atomic E-state index is 0.410. The molecule has 10 unspecified atom stereocenters. The molecule has 0 aromatic carbocycles. The number of hydrogen-bond donors (Lipinski definition) is 0. The predicted molar refractivity (Wildman–Crippen MR) is 106 cm³/mol. The third-order valence-electron chi connectivity index (χ3n) is 8.73. The molecular formula is C24H38O4. The maximum Gasteiger partial charge on any atom is 0.0866 e. The van der Waals surface area contributed by atoms with Crippen LogP contribution in [0.1, 0.15) is 77.6 Å². The van der Waals surface area contributed by atoms with Crippen molar-refractivity contribution in [2.75, 3.05) is 13.2 Å². The molecule has 28 heavy (non-hydrogen) atoms. The Balaban J connectivity index is 1.05. The number of fused-ring (bicyclic) bond motifs is 4. The van der Waals surface area contributed by atoms with Crippen LogP contribution in [0.2, 0.25) is 0 Å². The first-order valence-corrected chi connectivity index (χ1v) is 12.2. The maximum atomic E-state index is 6.57. The van der Waals surface area contributed by atoms with Gasteiger partial charge in [-0.05, 0) is 81.0 Å². The molecule has 6 aliphatic rings. The van der Waals surface area contributed by atoms with Gasteiger partial charge in [0.05, 0.1) is 43.2 Å². The van der Waals surface area contributed by atoms with Crippen molar-refractivity contribution in [2.45, 2.75) is 114 Å². The Morgan fingerprint density at radius 3 is 2.18 bits per heavy atom. The standard InChI is InChI=1S/C24H38O4/c1-15-6-16-7-17(13-25-18-2-4-20-22(8-18)27-20)12-24(10-15,11-16)14-26-19-3-5-21-23(9-19)28-21/h15-23H,2-14H2,1H3. The van der Waals surface area contributed by atoms with Gasteiger partial charge in [0, 0.05) is 19.4 Å². The first-order chi connectivity index (χ1) is 13.6. The van der Waals surface area contributed by atoms with E-state index >= 15 is 0 Å². The Bertz CT molecular complexity index is 577. The van der Waals surface area contributed by atoms with Crippen LogP contribution in [0.15, 0.2) is 0 Å². The Morgan fingerprint density at radius 1 is 0.750 bits per heavy atom. The second kappa shape index (κ2) is 7.21. The van der Waals surface area contributed by atoms with Crippen molar-refractivity contribution in [1.29, 1.82) is 0 Å². The van der Waals surface area contributed by atoms with E-state index in [2.05, 4.69) is 6.92 Å². The minimum Gasteiger partial charge on any atom is -0.378 e. The van der Waals surface area contributed by atoms with Gasteiger partial charge in [0.25, 0.3) is 0 Å². The van der Waals surface area contributed by atoms with Gasteiger partial charge in [0.15, 0.2) is 0 Å². The van der Waals surface area contributed by atoms with E-state index in [1.807, 2.05) is 0 Å². The summed E-state index contributed by atoms with van der Waals surface area (Å²) in [6.07, 6.45) is 17.1. The molecule has 0 amide bonds. The Hall–Kier alpha value is -0.160. The summed E-state index contributed by atoms with van der Waals surface area (Å²) in [4.78, 5) is 0. The molecule has 0 aromatic heterocycles. The monoisotopic (exact) mass is 390 g/mol. The summed E-state index contributed by atoms with van der Waals surface area (Å²) >= 11 is 0. The van der Waals surface area contributed by atoms with Gasteiger partial charge in [-0.1, -0.05) is 6.92 Å². The van der Waals surface area contributed by atoms with Gasteiger partial charge in [0.2, 0.25) is 0 Å². The summed E-state index contributed by atoms with van der Waals surface area (Å²) in [5.74, 6) is 2.48. The summed E-state index contributed by atoms with van der Waals surface area (Å²) in [5, 5.41) is 0. The van der Waals surface area contributed by atoms with Crippen molar-refractivity contribution in [3.8, 4) is 0 Å². The molecule has 2 aliphatic heterocycles. The van der Waals surface area contributed by atoms with Gasteiger partial charge in [-0.15, -0.1) is 0 Å². The van der Waals surface area contributed by atoms with E-state index in [9.17, 15) is 0 Å². The molecule has 4 aliphatic carbocycles. The van der Waals surface area contributed by atoms with Crippen LogP contribution in [-0.2, 0) is 18.9 Å². The highest BCUT2D eigenvalue weighted by Crippen LogP contribution is 2.53. The first-order valence-electron chi connectivity index (χ1n) is 12.2. The molecule has 0 N–H and O–H groups in total. The van der Waals surface area contributed by atoms with Gasteiger partial charge in [0.1, 0.15) is 0 Å². The maximum absolute atomic E-state index is 6.57. The molecule has 0 radical (unpaired) electrons. The normalized spacial score (nSPS) is 54.5. The molecule has 2 heterocycles. The lowest BCUT2D eigenvalue weighted by Crippen LogP contribution is -2.44. The quantitative estimate of drug-likeness (QED) is 0.627. The van der Waals surface area contributed by atoms with Gasteiger partial charge in [-0.2, -0.15) is 0 Å². The van der Waals surface area contributed by atoms with E-state index in [4.69, 9.17) is 18.9 Å². The van der Waals surface area contributed by atoms with E-state index in [1.54, 1.807) is 0 Å². The van der Waals surface area contributed by atoms with Gasteiger partial charge in [-0.25, -0.2) is 0 Å². The lowest BCUT2D eigenvalue weighted by molar-refractivity contribution is -0.0977. The van der Waals surface area contributed by atoms with Crippen molar-refractivity contribution in [1.82, 2.24) is 0 Å². The lowest BCUT2D eigenvalue weighted by Gasteiger charge is -2.51. The fourth-order valence-corrected chi connectivity index (χ4v) is 7.59. The molecule has 0 spiro atoms. The molecule has 4 heteroatoms. The highest BCUT2D eigenvalue weighted by Gasteiger charge is 2.48. The molecule has 6 fully saturated rings. The second-order valence-corrected chi connectivity index (χ2v) is 11.4. The molecule has 0 aromatic rings. The first kappa shape index (κ1) is 18.6. The number of rotatable bonds is 6. The fourth-order valence-electron chi connectivity index (χ4n) is 7.59. The van der Waals surface area contributed by atoms with Crippen LogP contribution in [0.4, 0.5) is 0 Å². The zero-order valence-corrected chi connectivity index (χ0v) is 17.5. The molecule has 4 nitrogen and oxygen atoms in total. The molecule has 2 saturated heterocycles. The molecular weight excluding hydrogens is 352 g/mol. The Morgan fingerprint density at radius 2 is 1.46 bits per heavy atom. The van der Waals surface area contributed by atoms with Crippen molar-refractivity contribution < 1.29 is 18.9 Å². The topological polar surface area (TPSA) is 43.5 Å². The molecule has 2 bridgehead atoms. The van der Waals surface area contributed by atoms with Crippen molar-refractivity contribution in [3.63, 3.8) is 0 Å². The minimum absolute atomic E-state index is 0.410. The highest BCUT2D eigenvalue weighted by atomic mass is 16.6. The van der Waals surface area contributed by atoms with Crippen molar-refractivity contribution in [2.24, 2.45) is 23.2 Å². The van der Waals surface area contributed by atoms with E-state index < -0.39 is 0 Å². The largest absolute Gasteiger partial charge is 0.378 e. The van der Waals surface area contributed by atoms with Gasteiger partial charge < -0.3 is 18.9 Å². The zero-order chi connectivity index (χ0) is 18.7. The van der Waals surface area contributed by atoms with Crippen molar-refractivity contribution >= 4 is 0 Å². The van der Waals surface area contributed by atoms with Crippen molar-refractivity contribution in [3.05, 3.63) is 0 Å². The van der Waals surface area contributed by atoms with E-state index in [1.165, 1.54) is 57.8 Å².